The molecule has 1 aromatic heterocycles. The molecule has 7 heteroatoms. The lowest BCUT2D eigenvalue weighted by Crippen LogP contribution is -2.25. The van der Waals surface area contributed by atoms with Crippen molar-refractivity contribution in [2.45, 2.75) is 18.4 Å². The number of pyridine rings is 1. The summed E-state index contributed by atoms with van der Waals surface area (Å²) in [5.41, 5.74) is 11.4. The second-order valence-corrected chi connectivity index (χ2v) is 4.56. The van der Waals surface area contributed by atoms with Gasteiger partial charge in [-0.2, -0.15) is 0 Å². The smallest absolute Gasteiger partial charge is 0.267 e. The van der Waals surface area contributed by atoms with Crippen LogP contribution in [0.2, 0.25) is 0 Å². The Morgan fingerprint density at radius 2 is 2.17 bits per heavy atom. The molecule has 1 aromatic rings. The van der Waals surface area contributed by atoms with Crippen LogP contribution in [0.25, 0.3) is 0 Å². The molecule has 0 radical (unpaired) electrons. The third kappa shape index (κ3) is 4.25. The fourth-order valence-corrected chi connectivity index (χ4v) is 1.92. The molecule has 0 aliphatic heterocycles. The number of primary amides is 1. The van der Waals surface area contributed by atoms with Crippen LogP contribution in [0.5, 0.6) is 0 Å². The van der Waals surface area contributed by atoms with Gasteiger partial charge in [0.15, 0.2) is 0 Å². The maximum absolute atomic E-state index is 11.4. The van der Waals surface area contributed by atoms with Crippen molar-refractivity contribution >= 4 is 29.3 Å². The van der Waals surface area contributed by atoms with Crippen LogP contribution < -0.4 is 16.8 Å². The van der Waals surface area contributed by atoms with Crippen molar-refractivity contribution in [2.75, 3.05) is 18.0 Å². The second-order valence-electron chi connectivity index (χ2n) is 3.59. The number of nitrogens with zero attached hydrogens (tertiary/aromatic N) is 1. The van der Waals surface area contributed by atoms with Crippen LogP contribution in [-0.2, 0) is 4.79 Å². The van der Waals surface area contributed by atoms with Gasteiger partial charge in [0, 0.05) is 6.54 Å². The maximum Gasteiger partial charge on any atom is 0.267 e. The van der Waals surface area contributed by atoms with Gasteiger partial charge in [-0.1, -0.05) is 18.7 Å². The summed E-state index contributed by atoms with van der Waals surface area (Å²) in [7, 11) is 0. The Balaban J connectivity index is 2.63. The van der Waals surface area contributed by atoms with E-state index in [1.165, 1.54) is 17.8 Å². The average Bonchev–Trinajstić information content (AvgIpc) is 2.35. The molecule has 0 aromatic carbocycles. The first kappa shape index (κ1) is 14.3. The van der Waals surface area contributed by atoms with Crippen molar-refractivity contribution < 1.29 is 9.59 Å². The van der Waals surface area contributed by atoms with E-state index in [4.69, 9.17) is 11.5 Å². The Morgan fingerprint density at radius 1 is 1.44 bits per heavy atom. The van der Waals surface area contributed by atoms with E-state index in [0.29, 0.717) is 17.3 Å². The number of hydrogen-bond donors (Lipinski definition) is 3. The highest BCUT2D eigenvalue weighted by atomic mass is 32.2. The number of rotatable bonds is 6. The van der Waals surface area contributed by atoms with E-state index >= 15 is 0 Å². The van der Waals surface area contributed by atoms with Gasteiger partial charge in [0.2, 0.25) is 5.91 Å². The highest BCUT2D eigenvalue weighted by Crippen LogP contribution is 2.22. The Labute approximate surface area is 110 Å². The van der Waals surface area contributed by atoms with Crippen LogP contribution in [-0.4, -0.2) is 29.1 Å². The van der Waals surface area contributed by atoms with E-state index < -0.39 is 5.91 Å². The Bertz CT molecular complexity index is 451. The number of thioether (sulfide) groups is 1. The zero-order chi connectivity index (χ0) is 13.5. The molecule has 1 rings (SSSR count). The summed E-state index contributed by atoms with van der Waals surface area (Å²) in [6.45, 7) is 2.62. The number of nitrogens with two attached hydrogens (primary N) is 2. The molecule has 18 heavy (non-hydrogen) atoms. The zero-order valence-electron chi connectivity index (χ0n) is 10.1. The molecule has 0 atom stereocenters. The molecule has 0 fully saturated rings. The minimum absolute atomic E-state index is 0.0903. The summed E-state index contributed by atoms with van der Waals surface area (Å²) >= 11 is 1.18. The van der Waals surface area contributed by atoms with Crippen molar-refractivity contribution in [2.24, 2.45) is 5.73 Å². The van der Waals surface area contributed by atoms with Crippen LogP contribution in [0.4, 0.5) is 5.69 Å². The fourth-order valence-electron chi connectivity index (χ4n) is 1.15. The highest BCUT2D eigenvalue weighted by molar-refractivity contribution is 8.00. The van der Waals surface area contributed by atoms with Crippen LogP contribution in [0.15, 0.2) is 17.2 Å². The lowest BCUT2D eigenvalue weighted by Gasteiger charge is -2.06. The third-order valence-corrected chi connectivity index (χ3v) is 3.06. The van der Waals surface area contributed by atoms with E-state index in [-0.39, 0.29) is 17.4 Å². The summed E-state index contributed by atoms with van der Waals surface area (Å²) in [6, 6.07) is 3.01. The largest absolute Gasteiger partial charge is 0.397 e. The Hall–Kier alpha value is -1.76. The first-order valence-electron chi connectivity index (χ1n) is 5.50. The number of nitrogens with one attached hydrogen (secondary N) is 1. The van der Waals surface area contributed by atoms with Gasteiger partial charge in [-0.05, 0) is 18.6 Å². The molecule has 0 saturated heterocycles. The van der Waals surface area contributed by atoms with Crippen molar-refractivity contribution in [1.82, 2.24) is 10.3 Å². The summed E-state index contributed by atoms with van der Waals surface area (Å²) in [6.07, 6.45) is 0.883. The molecular formula is C11H16N4O2S. The van der Waals surface area contributed by atoms with Crippen molar-refractivity contribution in [3.05, 3.63) is 17.8 Å². The van der Waals surface area contributed by atoms with E-state index in [2.05, 4.69) is 10.3 Å². The molecule has 2 amide bonds. The number of aromatic nitrogens is 1. The van der Waals surface area contributed by atoms with Gasteiger partial charge in [0.05, 0.1) is 11.4 Å². The number of carbonyl (C=O) groups is 2. The third-order valence-electron chi connectivity index (χ3n) is 2.05. The van der Waals surface area contributed by atoms with E-state index in [0.717, 1.165) is 6.42 Å². The molecule has 0 saturated carbocycles. The van der Waals surface area contributed by atoms with E-state index in [1.54, 1.807) is 6.07 Å². The predicted octanol–water partition coefficient (Wildman–Crippen LogP) is 0.381. The standard InChI is InChI=1S/C11H16N4O2S/c1-2-5-14-9(16)6-18-11-7(12)3-4-8(15-11)10(13)17/h3-4H,2,5-6,12H2,1H3,(H2,13,17)(H,14,16). The number of amides is 2. The van der Waals surface area contributed by atoms with Crippen LogP contribution in [0.1, 0.15) is 23.8 Å². The summed E-state index contributed by atoms with van der Waals surface area (Å²) in [5.74, 6) is -0.501. The van der Waals surface area contributed by atoms with Crippen molar-refractivity contribution in [3.63, 3.8) is 0 Å². The number of anilines is 1. The fraction of sp³-hybridized carbons (Fsp3) is 0.364. The molecular weight excluding hydrogens is 252 g/mol. The molecule has 1 heterocycles. The van der Waals surface area contributed by atoms with Gasteiger partial charge in [0.1, 0.15) is 10.7 Å². The number of hydrogen-bond acceptors (Lipinski definition) is 5. The molecule has 5 N–H and O–H groups in total. The summed E-state index contributed by atoms with van der Waals surface area (Å²) in [5, 5.41) is 3.18. The lowest BCUT2D eigenvalue weighted by atomic mass is 10.3. The molecule has 0 aliphatic carbocycles. The average molecular weight is 268 g/mol. The second kappa shape index (κ2) is 6.85. The van der Waals surface area contributed by atoms with E-state index in [9.17, 15) is 9.59 Å². The van der Waals surface area contributed by atoms with Crippen LogP contribution in [0, 0.1) is 0 Å². The minimum atomic E-state index is -0.618. The Kier molecular flexibility index (Phi) is 5.44. The lowest BCUT2D eigenvalue weighted by molar-refractivity contribution is -0.118. The monoisotopic (exact) mass is 268 g/mol. The molecule has 0 unspecified atom stereocenters. The molecule has 0 aliphatic rings. The van der Waals surface area contributed by atoms with Gasteiger partial charge in [0.25, 0.3) is 5.91 Å². The predicted molar refractivity (Wildman–Crippen MR) is 71.2 cm³/mol. The SMILES string of the molecule is CCCNC(=O)CSc1nc(C(N)=O)ccc1N. The highest BCUT2D eigenvalue weighted by Gasteiger charge is 2.09. The molecule has 0 spiro atoms. The van der Waals surface area contributed by atoms with Gasteiger partial charge in [-0.25, -0.2) is 4.98 Å². The van der Waals surface area contributed by atoms with E-state index in [1.807, 2.05) is 6.92 Å². The molecule has 98 valence electrons. The van der Waals surface area contributed by atoms with Crippen molar-refractivity contribution in [3.8, 4) is 0 Å². The molecule has 6 nitrogen and oxygen atoms in total. The van der Waals surface area contributed by atoms with Gasteiger partial charge in [-0.3, -0.25) is 9.59 Å². The van der Waals surface area contributed by atoms with Crippen LogP contribution in [0.3, 0.4) is 0 Å². The van der Waals surface area contributed by atoms with Crippen LogP contribution >= 0.6 is 11.8 Å². The van der Waals surface area contributed by atoms with Gasteiger partial charge >= 0.3 is 0 Å². The maximum atomic E-state index is 11.4. The zero-order valence-corrected chi connectivity index (χ0v) is 10.9. The molecule has 0 bridgehead atoms. The van der Waals surface area contributed by atoms with Crippen molar-refractivity contribution in [1.29, 1.82) is 0 Å². The van der Waals surface area contributed by atoms with Gasteiger partial charge in [-0.15, -0.1) is 0 Å². The number of carbonyl (C=O) groups excluding carboxylic acids is 2. The normalized spacial score (nSPS) is 10.1. The minimum Gasteiger partial charge on any atom is -0.397 e. The first-order valence-corrected chi connectivity index (χ1v) is 6.49. The topological polar surface area (TPSA) is 111 Å². The summed E-state index contributed by atoms with van der Waals surface area (Å²) in [4.78, 5) is 26.4. The first-order chi connectivity index (χ1) is 8.54. The Morgan fingerprint density at radius 3 is 2.78 bits per heavy atom. The quantitative estimate of drug-likeness (QED) is 0.646. The summed E-state index contributed by atoms with van der Waals surface area (Å²) < 4.78 is 0. The number of nitrogen functional groups attached to an aromatic ring is 1. The van der Waals surface area contributed by atoms with Gasteiger partial charge < -0.3 is 16.8 Å².